The maximum absolute atomic E-state index is 12.1. The molecule has 0 aliphatic rings. The van der Waals surface area contributed by atoms with Crippen LogP contribution in [0.3, 0.4) is 0 Å². The van der Waals surface area contributed by atoms with Gasteiger partial charge in [0.1, 0.15) is 18.1 Å². The van der Waals surface area contributed by atoms with Gasteiger partial charge in [0.2, 0.25) is 17.7 Å². The summed E-state index contributed by atoms with van der Waals surface area (Å²) in [5, 5.41) is 24.3. The molecule has 0 aromatic heterocycles. The Hall–Kier alpha value is -2.69. The monoisotopic (exact) mass is 360 g/mol. The molecule has 4 atom stereocenters. The second-order valence-electron chi connectivity index (χ2n) is 5.58. The lowest BCUT2D eigenvalue weighted by Crippen LogP contribution is -2.55. The molecule has 25 heavy (non-hydrogen) atoms. The standard InChI is InChI=1S/C14H24N4O7/c1-6(15)11(21)16-7(2)12(22)18-9(4-5-10(19)20)13(23)17-8(3)14(24)25/h6-9H,4-5,15H2,1-3H3,(H,16,21)(H,17,23)(H,18,22)(H,19,20)(H,24,25). The molecule has 0 radical (unpaired) electrons. The van der Waals surface area contributed by atoms with E-state index in [-0.39, 0.29) is 6.42 Å². The number of carboxylic acids is 2. The van der Waals surface area contributed by atoms with Gasteiger partial charge in [0.25, 0.3) is 0 Å². The van der Waals surface area contributed by atoms with E-state index in [2.05, 4.69) is 16.0 Å². The van der Waals surface area contributed by atoms with E-state index in [0.29, 0.717) is 0 Å². The second kappa shape index (κ2) is 10.2. The van der Waals surface area contributed by atoms with Gasteiger partial charge in [0.15, 0.2) is 0 Å². The molecule has 0 saturated carbocycles. The van der Waals surface area contributed by atoms with E-state index < -0.39 is 60.2 Å². The lowest BCUT2D eigenvalue weighted by atomic mass is 10.1. The zero-order chi connectivity index (χ0) is 19.7. The molecule has 0 aromatic rings. The van der Waals surface area contributed by atoms with Crippen LogP contribution in [0, 0.1) is 0 Å². The minimum Gasteiger partial charge on any atom is -0.481 e. The van der Waals surface area contributed by atoms with Crippen molar-refractivity contribution in [2.75, 3.05) is 0 Å². The van der Waals surface area contributed by atoms with Gasteiger partial charge >= 0.3 is 11.9 Å². The molecule has 7 N–H and O–H groups in total. The topological polar surface area (TPSA) is 188 Å². The van der Waals surface area contributed by atoms with Gasteiger partial charge in [0.05, 0.1) is 6.04 Å². The molecule has 0 bridgehead atoms. The summed E-state index contributed by atoms with van der Waals surface area (Å²) >= 11 is 0. The van der Waals surface area contributed by atoms with Gasteiger partial charge in [-0.25, -0.2) is 0 Å². The number of hydrogen-bond acceptors (Lipinski definition) is 6. The third kappa shape index (κ3) is 8.65. The van der Waals surface area contributed by atoms with Crippen LogP contribution >= 0.6 is 0 Å². The summed E-state index contributed by atoms with van der Waals surface area (Å²) in [5.41, 5.74) is 5.37. The van der Waals surface area contributed by atoms with Crippen molar-refractivity contribution < 1.29 is 34.2 Å². The van der Waals surface area contributed by atoms with E-state index in [1.54, 1.807) is 0 Å². The maximum Gasteiger partial charge on any atom is 0.325 e. The van der Waals surface area contributed by atoms with Crippen LogP contribution in [0.5, 0.6) is 0 Å². The van der Waals surface area contributed by atoms with E-state index >= 15 is 0 Å². The lowest BCUT2D eigenvalue weighted by molar-refractivity contribution is -0.142. The number of nitrogens with one attached hydrogen (secondary N) is 3. The van der Waals surface area contributed by atoms with Gasteiger partial charge in [0, 0.05) is 6.42 Å². The number of carbonyl (C=O) groups is 5. The molecule has 0 fully saturated rings. The molecule has 0 aliphatic carbocycles. The largest absolute Gasteiger partial charge is 0.481 e. The number of hydrogen-bond donors (Lipinski definition) is 6. The van der Waals surface area contributed by atoms with E-state index in [1.165, 1.54) is 20.8 Å². The Kier molecular flexibility index (Phi) is 9.13. The highest BCUT2D eigenvalue weighted by Gasteiger charge is 2.27. The summed E-state index contributed by atoms with van der Waals surface area (Å²) in [6.07, 6.45) is -0.659. The summed E-state index contributed by atoms with van der Waals surface area (Å²) < 4.78 is 0. The Morgan fingerprint density at radius 3 is 1.80 bits per heavy atom. The molecule has 11 heteroatoms. The highest BCUT2D eigenvalue weighted by Crippen LogP contribution is 2.01. The van der Waals surface area contributed by atoms with E-state index in [1.807, 2.05) is 0 Å². The molecule has 0 spiro atoms. The van der Waals surface area contributed by atoms with Gasteiger partial charge in [-0.2, -0.15) is 0 Å². The average molecular weight is 360 g/mol. The Morgan fingerprint density at radius 1 is 0.840 bits per heavy atom. The summed E-state index contributed by atoms with van der Waals surface area (Å²) in [6, 6.07) is -4.33. The van der Waals surface area contributed by atoms with Crippen LogP contribution in [-0.4, -0.2) is 64.0 Å². The van der Waals surface area contributed by atoms with Crippen molar-refractivity contribution in [3.8, 4) is 0 Å². The van der Waals surface area contributed by atoms with Gasteiger partial charge in [-0.05, 0) is 27.2 Å². The van der Waals surface area contributed by atoms with Crippen molar-refractivity contribution in [3.05, 3.63) is 0 Å². The Bertz CT molecular complexity index is 535. The zero-order valence-corrected chi connectivity index (χ0v) is 14.2. The predicted octanol–water partition coefficient (Wildman–Crippen LogP) is -2.22. The molecule has 0 aliphatic heterocycles. The summed E-state index contributed by atoms with van der Waals surface area (Å²) in [7, 11) is 0. The Labute approximate surface area is 144 Å². The summed E-state index contributed by atoms with van der Waals surface area (Å²) in [4.78, 5) is 57.1. The Morgan fingerprint density at radius 2 is 1.36 bits per heavy atom. The molecular formula is C14H24N4O7. The highest BCUT2D eigenvalue weighted by molar-refractivity contribution is 5.93. The number of rotatable bonds is 10. The van der Waals surface area contributed by atoms with Gasteiger partial charge in [-0.1, -0.05) is 0 Å². The van der Waals surface area contributed by atoms with Crippen LogP contribution in [0.25, 0.3) is 0 Å². The molecule has 0 aromatic carbocycles. The first-order chi connectivity index (χ1) is 11.5. The minimum absolute atomic E-state index is 0.243. The van der Waals surface area contributed by atoms with E-state index in [0.717, 1.165) is 0 Å². The molecule has 0 rings (SSSR count). The summed E-state index contributed by atoms with van der Waals surface area (Å²) in [5.74, 6) is -4.61. The quantitative estimate of drug-likeness (QED) is 0.252. The number of carboxylic acid groups (broad SMARTS) is 2. The SMILES string of the molecule is CC(N)C(=O)NC(C)C(=O)NC(CCC(=O)O)C(=O)NC(C)C(=O)O. The fraction of sp³-hybridized carbons (Fsp3) is 0.643. The van der Waals surface area contributed by atoms with E-state index in [9.17, 15) is 24.0 Å². The predicted molar refractivity (Wildman–Crippen MR) is 85.3 cm³/mol. The number of nitrogens with two attached hydrogens (primary N) is 1. The smallest absolute Gasteiger partial charge is 0.325 e. The van der Waals surface area contributed by atoms with Crippen molar-refractivity contribution >= 4 is 29.7 Å². The molecule has 0 heterocycles. The normalized spacial score (nSPS) is 15.2. The van der Waals surface area contributed by atoms with Crippen LogP contribution in [0.4, 0.5) is 0 Å². The minimum atomic E-state index is -1.28. The second-order valence-corrected chi connectivity index (χ2v) is 5.58. The highest BCUT2D eigenvalue weighted by atomic mass is 16.4. The first kappa shape index (κ1) is 22.3. The molecule has 11 nitrogen and oxygen atoms in total. The number of amides is 3. The maximum atomic E-state index is 12.1. The van der Waals surface area contributed by atoms with Crippen molar-refractivity contribution in [1.29, 1.82) is 0 Å². The fourth-order valence-corrected chi connectivity index (χ4v) is 1.62. The Balaban J connectivity index is 4.94. The average Bonchev–Trinajstić information content (AvgIpc) is 2.50. The first-order valence-electron chi connectivity index (χ1n) is 7.57. The van der Waals surface area contributed by atoms with Crippen LogP contribution in [0.2, 0.25) is 0 Å². The molecule has 3 amide bonds. The van der Waals surface area contributed by atoms with Crippen molar-refractivity contribution in [2.24, 2.45) is 5.73 Å². The van der Waals surface area contributed by atoms with Crippen molar-refractivity contribution in [1.82, 2.24) is 16.0 Å². The van der Waals surface area contributed by atoms with Crippen molar-refractivity contribution in [2.45, 2.75) is 57.8 Å². The fourth-order valence-electron chi connectivity index (χ4n) is 1.62. The van der Waals surface area contributed by atoms with Crippen LogP contribution in [-0.2, 0) is 24.0 Å². The van der Waals surface area contributed by atoms with Crippen molar-refractivity contribution in [3.63, 3.8) is 0 Å². The summed E-state index contributed by atoms with van der Waals surface area (Å²) in [6.45, 7) is 4.01. The first-order valence-corrected chi connectivity index (χ1v) is 7.57. The lowest BCUT2D eigenvalue weighted by Gasteiger charge is -2.22. The molecule has 4 unspecified atom stereocenters. The number of carbonyl (C=O) groups excluding carboxylic acids is 3. The van der Waals surface area contributed by atoms with Crippen LogP contribution in [0.15, 0.2) is 0 Å². The van der Waals surface area contributed by atoms with E-state index in [4.69, 9.17) is 15.9 Å². The van der Waals surface area contributed by atoms with Gasteiger partial charge in [-0.15, -0.1) is 0 Å². The number of aliphatic carboxylic acids is 2. The van der Waals surface area contributed by atoms with Gasteiger partial charge in [-0.3, -0.25) is 24.0 Å². The molecule has 0 saturated heterocycles. The zero-order valence-electron chi connectivity index (χ0n) is 14.2. The van der Waals surface area contributed by atoms with Crippen LogP contribution in [0.1, 0.15) is 33.6 Å². The van der Waals surface area contributed by atoms with Crippen LogP contribution < -0.4 is 21.7 Å². The molecular weight excluding hydrogens is 336 g/mol. The molecule has 142 valence electrons. The third-order valence-corrected chi connectivity index (χ3v) is 3.17. The van der Waals surface area contributed by atoms with Gasteiger partial charge < -0.3 is 31.9 Å². The third-order valence-electron chi connectivity index (χ3n) is 3.17.